The molecule has 0 aromatic heterocycles. The van der Waals surface area contributed by atoms with Gasteiger partial charge in [0.2, 0.25) is 10.0 Å². The summed E-state index contributed by atoms with van der Waals surface area (Å²) in [6, 6.07) is 14.1. The molecule has 1 aliphatic heterocycles. The number of anilines is 1. The van der Waals surface area contributed by atoms with Gasteiger partial charge in [0, 0.05) is 31.4 Å². The largest absolute Gasteiger partial charge is 0.305 e. The summed E-state index contributed by atoms with van der Waals surface area (Å²) in [6.07, 6.45) is 0.803. The van der Waals surface area contributed by atoms with Crippen LogP contribution in [0.3, 0.4) is 0 Å². The van der Waals surface area contributed by atoms with Gasteiger partial charge in [-0.15, -0.1) is 0 Å². The molecule has 0 N–H and O–H groups in total. The molecule has 1 aliphatic rings. The summed E-state index contributed by atoms with van der Waals surface area (Å²) in [7, 11) is -0.618. The highest BCUT2D eigenvalue weighted by Gasteiger charge is 2.31. The first-order valence-corrected chi connectivity index (χ1v) is 9.20. The van der Waals surface area contributed by atoms with Crippen molar-refractivity contribution in [2.24, 2.45) is 0 Å². The maximum atomic E-state index is 13.0. The van der Waals surface area contributed by atoms with Gasteiger partial charge in [-0.05, 0) is 43.2 Å². The monoisotopic (exact) mass is 344 g/mol. The van der Waals surface area contributed by atoms with Crippen LogP contribution in [0.4, 0.5) is 5.69 Å². The highest BCUT2D eigenvalue weighted by molar-refractivity contribution is 7.89. The third-order valence-corrected chi connectivity index (χ3v) is 6.10. The number of rotatable bonds is 3. The van der Waals surface area contributed by atoms with Crippen LogP contribution in [0, 0.1) is 0 Å². The van der Waals surface area contributed by atoms with Crippen molar-refractivity contribution >= 4 is 21.6 Å². The molecule has 0 radical (unpaired) electrons. The van der Waals surface area contributed by atoms with Crippen LogP contribution in [0.1, 0.15) is 22.8 Å². The lowest BCUT2D eigenvalue weighted by Crippen LogP contribution is -2.35. The summed E-state index contributed by atoms with van der Waals surface area (Å²) in [4.78, 5) is 14.9. The summed E-state index contributed by atoms with van der Waals surface area (Å²) in [5, 5.41) is 0. The van der Waals surface area contributed by atoms with Gasteiger partial charge in [0.1, 0.15) is 0 Å². The van der Waals surface area contributed by atoms with E-state index in [1.165, 1.54) is 26.2 Å². The van der Waals surface area contributed by atoms with Crippen molar-refractivity contribution in [2.75, 3.05) is 19.0 Å². The molecular formula is C18H20N2O3S. The molecule has 1 heterocycles. The molecule has 5 nitrogen and oxygen atoms in total. The lowest BCUT2D eigenvalue weighted by molar-refractivity contribution is 0.0981. The molecule has 0 aliphatic carbocycles. The molecule has 2 aromatic rings. The Morgan fingerprint density at radius 2 is 1.83 bits per heavy atom. The van der Waals surface area contributed by atoms with Crippen molar-refractivity contribution in [1.82, 2.24) is 4.31 Å². The predicted octanol–water partition coefficient (Wildman–Crippen LogP) is 2.53. The van der Waals surface area contributed by atoms with Crippen molar-refractivity contribution in [1.29, 1.82) is 0 Å². The molecule has 0 bridgehead atoms. The number of amides is 1. The summed E-state index contributed by atoms with van der Waals surface area (Å²) in [5.74, 6) is -0.178. The standard InChI is InChI=1S/C18H20N2O3S/c1-13-11-14-7-4-5-10-17(14)20(13)18(21)15-8-6-9-16(12-15)24(22,23)19(2)3/h4-10,12-13H,11H2,1-3H3/t13-/m1/s1. The minimum absolute atomic E-state index is 0.0454. The smallest absolute Gasteiger partial charge is 0.258 e. The first kappa shape index (κ1) is 16.7. The SMILES string of the molecule is C[C@@H]1Cc2ccccc2N1C(=O)c1cccc(S(=O)(=O)N(C)C)c1. The highest BCUT2D eigenvalue weighted by Crippen LogP contribution is 2.33. The van der Waals surface area contributed by atoms with E-state index in [0.29, 0.717) is 5.56 Å². The van der Waals surface area contributed by atoms with E-state index in [0.717, 1.165) is 22.0 Å². The lowest BCUT2D eigenvalue weighted by atomic mass is 10.1. The van der Waals surface area contributed by atoms with Crippen molar-refractivity contribution in [3.63, 3.8) is 0 Å². The number of sulfonamides is 1. The quantitative estimate of drug-likeness (QED) is 0.860. The molecule has 24 heavy (non-hydrogen) atoms. The molecule has 2 aromatic carbocycles. The Hall–Kier alpha value is -2.18. The Morgan fingerprint density at radius 1 is 1.12 bits per heavy atom. The van der Waals surface area contributed by atoms with Crippen molar-refractivity contribution in [3.8, 4) is 0 Å². The zero-order valence-corrected chi connectivity index (χ0v) is 14.7. The van der Waals surface area contributed by atoms with Crippen molar-refractivity contribution < 1.29 is 13.2 Å². The van der Waals surface area contributed by atoms with Gasteiger partial charge in [0.15, 0.2) is 0 Å². The molecule has 1 amide bonds. The van der Waals surface area contributed by atoms with Crippen LogP contribution in [-0.2, 0) is 16.4 Å². The highest BCUT2D eigenvalue weighted by atomic mass is 32.2. The Kier molecular flexibility index (Phi) is 4.19. The second-order valence-corrected chi connectivity index (χ2v) is 8.32. The fraction of sp³-hybridized carbons (Fsp3) is 0.278. The predicted molar refractivity (Wildman–Crippen MR) is 93.7 cm³/mol. The van der Waals surface area contributed by atoms with Crippen LogP contribution in [0.5, 0.6) is 0 Å². The lowest BCUT2D eigenvalue weighted by Gasteiger charge is -2.23. The Labute approximate surface area is 142 Å². The number of para-hydroxylation sites is 1. The average molecular weight is 344 g/mol. The fourth-order valence-electron chi connectivity index (χ4n) is 3.01. The zero-order valence-electron chi connectivity index (χ0n) is 13.9. The molecule has 6 heteroatoms. The van der Waals surface area contributed by atoms with Crippen LogP contribution >= 0.6 is 0 Å². The van der Waals surface area contributed by atoms with Crippen molar-refractivity contribution in [2.45, 2.75) is 24.3 Å². The van der Waals surface area contributed by atoms with E-state index in [4.69, 9.17) is 0 Å². The summed E-state index contributed by atoms with van der Waals surface area (Å²) >= 11 is 0. The molecule has 0 spiro atoms. The van der Waals surface area contributed by atoms with Gasteiger partial charge in [0.05, 0.1) is 4.90 Å². The first-order chi connectivity index (χ1) is 11.3. The molecule has 126 valence electrons. The van der Waals surface area contributed by atoms with Crippen LogP contribution in [0.15, 0.2) is 53.4 Å². The maximum Gasteiger partial charge on any atom is 0.258 e. The number of benzene rings is 2. The van der Waals surface area contributed by atoms with Crippen LogP contribution < -0.4 is 4.90 Å². The van der Waals surface area contributed by atoms with Gasteiger partial charge in [-0.25, -0.2) is 12.7 Å². The zero-order chi connectivity index (χ0) is 17.5. The Balaban J connectivity index is 2.00. The van der Waals surface area contributed by atoms with Crippen LogP contribution in [0.25, 0.3) is 0 Å². The Morgan fingerprint density at radius 3 is 2.54 bits per heavy atom. The molecule has 0 unspecified atom stereocenters. The van der Waals surface area contributed by atoms with Gasteiger partial charge in [-0.1, -0.05) is 24.3 Å². The third-order valence-electron chi connectivity index (χ3n) is 4.29. The van der Waals surface area contributed by atoms with Gasteiger partial charge < -0.3 is 4.90 Å². The van der Waals surface area contributed by atoms with E-state index in [2.05, 4.69) is 0 Å². The second kappa shape index (κ2) is 6.03. The molecular weight excluding hydrogens is 324 g/mol. The number of carbonyl (C=O) groups excluding carboxylic acids is 1. The second-order valence-electron chi connectivity index (χ2n) is 6.17. The van der Waals surface area contributed by atoms with E-state index in [9.17, 15) is 13.2 Å². The van der Waals surface area contributed by atoms with Gasteiger partial charge in [0.25, 0.3) is 5.91 Å². The molecule has 0 saturated heterocycles. The number of nitrogens with zero attached hydrogens (tertiary/aromatic N) is 2. The third kappa shape index (κ3) is 2.72. The summed E-state index contributed by atoms with van der Waals surface area (Å²) in [5.41, 5.74) is 2.41. The minimum atomic E-state index is -3.57. The topological polar surface area (TPSA) is 57.7 Å². The summed E-state index contributed by atoms with van der Waals surface area (Å²) < 4.78 is 25.7. The van der Waals surface area contributed by atoms with E-state index < -0.39 is 10.0 Å². The van der Waals surface area contributed by atoms with Gasteiger partial charge in [-0.3, -0.25) is 4.79 Å². The Bertz CT molecular complexity index is 891. The van der Waals surface area contributed by atoms with Crippen LogP contribution in [0.2, 0.25) is 0 Å². The number of carbonyl (C=O) groups is 1. The number of hydrogen-bond acceptors (Lipinski definition) is 3. The van der Waals surface area contributed by atoms with E-state index in [1.807, 2.05) is 31.2 Å². The number of hydrogen-bond donors (Lipinski definition) is 0. The van der Waals surface area contributed by atoms with Gasteiger partial charge in [-0.2, -0.15) is 0 Å². The maximum absolute atomic E-state index is 13.0. The van der Waals surface area contributed by atoms with E-state index >= 15 is 0 Å². The molecule has 1 atom stereocenters. The molecule has 3 rings (SSSR count). The minimum Gasteiger partial charge on any atom is -0.305 e. The molecule has 0 saturated carbocycles. The fourth-order valence-corrected chi connectivity index (χ4v) is 3.96. The van der Waals surface area contributed by atoms with Crippen LogP contribution in [-0.4, -0.2) is 38.8 Å². The number of fused-ring (bicyclic) bond motifs is 1. The van der Waals surface area contributed by atoms with E-state index in [1.54, 1.807) is 17.0 Å². The average Bonchev–Trinajstić information content (AvgIpc) is 2.90. The van der Waals surface area contributed by atoms with E-state index in [-0.39, 0.29) is 16.8 Å². The normalized spacial score (nSPS) is 17.2. The first-order valence-electron chi connectivity index (χ1n) is 7.76. The van der Waals surface area contributed by atoms with Crippen molar-refractivity contribution in [3.05, 3.63) is 59.7 Å². The molecule has 0 fully saturated rings. The van der Waals surface area contributed by atoms with Gasteiger partial charge >= 0.3 is 0 Å². The summed E-state index contributed by atoms with van der Waals surface area (Å²) in [6.45, 7) is 2.00.